The van der Waals surface area contributed by atoms with Crippen LogP contribution in [0.3, 0.4) is 0 Å². The number of aliphatic hydroxyl groups excluding tert-OH is 1. The smallest absolute Gasteiger partial charge is 0.332 e. The van der Waals surface area contributed by atoms with Gasteiger partial charge in [-0.2, -0.15) is 0 Å². The van der Waals surface area contributed by atoms with Crippen LogP contribution in [0.5, 0.6) is 0 Å². The van der Waals surface area contributed by atoms with Crippen molar-refractivity contribution in [1.29, 1.82) is 0 Å². The highest BCUT2D eigenvalue weighted by molar-refractivity contribution is 5.71. The molecule has 0 amide bonds. The van der Waals surface area contributed by atoms with E-state index in [0.717, 1.165) is 19.3 Å². The summed E-state index contributed by atoms with van der Waals surface area (Å²) in [4.78, 5) is 10.4. The summed E-state index contributed by atoms with van der Waals surface area (Å²) in [7, 11) is 0. The van der Waals surface area contributed by atoms with E-state index in [-0.39, 0.29) is 6.42 Å². The fourth-order valence-electron chi connectivity index (χ4n) is 1.94. The first kappa shape index (κ1) is 21.4. The molecule has 0 aromatic carbocycles. The standard InChI is InChI=1S/C20H32O3/c1-2-3-4-5-6-7-8-9-10-11-12-13-14-15-16-17-18-19(21)20(22)23/h6-7,9-10,12-13,15-16,19,21H,2-5,8,11,14,17-18H2,1H3,(H,22,23). The van der Waals surface area contributed by atoms with Gasteiger partial charge >= 0.3 is 5.97 Å². The predicted molar refractivity (Wildman–Crippen MR) is 97.4 cm³/mol. The molecule has 23 heavy (non-hydrogen) atoms. The van der Waals surface area contributed by atoms with Gasteiger partial charge in [-0.1, -0.05) is 68.4 Å². The molecule has 1 unspecified atom stereocenters. The number of hydrogen-bond acceptors (Lipinski definition) is 2. The zero-order chi connectivity index (χ0) is 17.2. The molecule has 0 heterocycles. The molecule has 0 rings (SSSR count). The van der Waals surface area contributed by atoms with Crippen LogP contribution in [0.1, 0.15) is 64.7 Å². The minimum Gasteiger partial charge on any atom is -0.479 e. The molecule has 0 bridgehead atoms. The van der Waals surface area contributed by atoms with E-state index in [2.05, 4.69) is 43.4 Å². The first-order chi connectivity index (χ1) is 11.2. The largest absolute Gasteiger partial charge is 0.479 e. The van der Waals surface area contributed by atoms with Crippen molar-refractivity contribution in [2.24, 2.45) is 0 Å². The Hall–Kier alpha value is -1.61. The lowest BCUT2D eigenvalue weighted by atomic mass is 10.2. The monoisotopic (exact) mass is 320 g/mol. The van der Waals surface area contributed by atoms with Gasteiger partial charge in [-0.05, 0) is 44.9 Å². The van der Waals surface area contributed by atoms with E-state index in [1.165, 1.54) is 25.7 Å². The van der Waals surface area contributed by atoms with Gasteiger partial charge in [-0.15, -0.1) is 0 Å². The van der Waals surface area contributed by atoms with E-state index in [1.807, 2.05) is 12.2 Å². The highest BCUT2D eigenvalue weighted by atomic mass is 16.4. The van der Waals surface area contributed by atoms with Gasteiger partial charge in [-0.25, -0.2) is 4.79 Å². The summed E-state index contributed by atoms with van der Waals surface area (Å²) in [5.74, 6) is -1.15. The number of carbonyl (C=O) groups is 1. The molecule has 0 aliphatic heterocycles. The van der Waals surface area contributed by atoms with Crippen LogP contribution >= 0.6 is 0 Å². The van der Waals surface area contributed by atoms with Gasteiger partial charge in [0.25, 0.3) is 0 Å². The summed E-state index contributed by atoms with van der Waals surface area (Å²) in [5, 5.41) is 17.6. The van der Waals surface area contributed by atoms with E-state index in [1.54, 1.807) is 0 Å². The van der Waals surface area contributed by atoms with Crippen molar-refractivity contribution in [2.45, 2.75) is 70.8 Å². The van der Waals surface area contributed by atoms with Gasteiger partial charge in [0, 0.05) is 0 Å². The second-order valence-corrected chi connectivity index (χ2v) is 5.52. The Labute approximate surface area is 141 Å². The number of allylic oxidation sites excluding steroid dienone is 8. The van der Waals surface area contributed by atoms with Crippen LogP contribution in [-0.4, -0.2) is 22.3 Å². The van der Waals surface area contributed by atoms with E-state index in [9.17, 15) is 4.79 Å². The average Bonchev–Trinajstić information content (AvgIpc) is 2.54. The molecule has 3 nitrogen and oxygen atoms in total. The summed E-state index contributed by atoms with van der Waals surface area (Å²) in [5.41, 5.74) is 0. The van der Waals surface area contributed by atoms with Gasteiger partial charge < -0.3 is 10.2 Å². The van der Waals surface area contributed by atoms with Crippen LogP contribution in [0.4, 0.5) is 0 Å². The molecule has 0 radical (unpaired) electrons. The first-order valence-electron chi connectivity index (χ1n) is 8.69. The van der Waals surface area contributed by atoms with Gasteiger partial charge in [0.15, 0.2) is 6.10 Å². The number of rotatable bonds is 14. The molecule has 0 spiro atoms. The van der Waals surface area contributed by atoms with Crippen molar-refractivity contribution in [1.82, 2.24) is 0 Å². The Morgan fingerprint density at radius 1 is 0.826 bits per heavy atom. The maximum Gasteiger partial charge on any atom is 0.332 e. The summed E-state index contributed by atoms with van der Waals surface area (Å²) < 4.78 is 0. The molecule has 2 N–H and O–H groups in total. The normalized spacial score (nSPS) is 13.8. The topological polar surface area (TPSA) is 57.5 Å². The third-order valence-electron chi connectivity index (χ3n) is 3.35. The fourth-order valence-corrected chi connectivity index (χ4v) is 1.94. The van der Waals surface area contributed by atoms with Crippen LogP contribution in [-0.2, 0) is 4.79 Å². The van der Waals surface area contributed by atoms with Crippen molar-refractivity contribution >= 4 is 5.97 Å². The highest BCUT2D eigenvalue weighted by Crippen LogP contribution is 2.01. The Bertz CT molecular complexity index is 392. The van der Waals surface area contributed by atoms with E-state index in [0.29, 0.717) is 6.42 Å². The lowest BCUT2D eigenvalue weighted by Gasteiger charge is -2.00. The quantitative estimate of drug-likeness (QED) is 0.342. The second-order valence-electron chi connectivity index (χ2n) is 5.52. The molecule has 1 atom stereocenters. The number of carboxylic acid groups (broad SMARTS) is 1. The van der Waals surface area contributed by atoms with Crippen LogP contribution in [0.2, 0.25) is 0 Å². The maximum absolute atomic E-state index is 10.4. The summed E-state index contributed by atoms with van der Waals surface area (Å²) in [6.45, 7) is 2.22. The predicted octanol–water partition coefficient (Wildman–Crippen LogP) is 5.19. The minimum absolute atomic E-state index is 0.268. The molecule has 0 saturated carbocycles. The second kappa shape index (κ2) is 16.8. The highest BCUT2D eigenvalue weighted by Gasteiger charge is 2.10. The van der Waals surface area contributed by atoms with Gasteiger partial charge in [0.1, 0.15) is 0 Å². The van der Waals surface area contributed by atoms with Gasteiger partial charge in [-0.3, -0.25) is 0 Å². The van der Waals surface area contributed by atoms with Crippen molar-refractivity contribution in [2.75, 3.05) is 0 Å². The molecule has 0 saturated heterocycles. The first-order valence-corrected chi connectivity index (χ1v) is 8.69. The number of carboxylic acids is 1. The summed E-state index contributed by atoms with van der Waals surface area (Å²) in [6, 6.07) is 0. The van der Waals surface area contributed by atoms with Crippen molar-refractivity contribution in [3.05, 3.63) is 48.6 Å². The van der Waals surface area contributed by atoms with E-state index < -0.39 is 12.1 Å². The van der Waals surface area contributed by atoms with Crippen LogP contribution < -0.4 is 0 Å². The SMILES string of the molecule is CCCCCC=CCC=CCC=CCC=CCCC(O)C(=O)O. The average molecular weight is 320 g/mol. The molecule has 0 aliphatic rings. The van der Waals surface area contributed by atoms with E-state index >= 15 is 0 Å². The van der Waals surface area contributed by atoms with Gasteiger partial charge in [0.05, 0.1) is 0 Å². The Balaban J connectivity index is 3.49. The zero-order valence-corrected chi connectivity index (χ0v) is 14.4. The molecular weight excluding hydrogens is 288 g/mol. The van der Waals surface area contributed by atoms with Crippen LogP contribution in [0.25, 0.3) is 0 Å². The molecule has 0 aromatic heterocycles. The summed E-state index contributed by atoms with van der Waals surface area (Å²) in [6.07, 6.45) is 24.4. The third-order valence-corrected chi connectivity index (χ3v) is 3.35. The fraction of sp³-hybridized carbons (Fsp3) is 0.550. The Morgan fingerprint density at radius 2 is 1.30 bits per heavy atom. The van der Waals surface area contributed by atoms with Crippen LogP contribution in [0.15, 0.2) is 48.6 Å². The van der Waals surface area contributed by atoms with Crippen molar-refractivity contribution < 1.29 is 15.0 Å². The Kier molecular flexibility index (Phi) is 15.6. The number of unbranched alkanes of at least 4 members (excludes halogenated alkanes) is 3. The molecule has 0 fully saturated rings. The number of aliphatic carboxylic acids is 1. The molecule has 130 valence electrons. The van der Waals surface area contributed by atoms with Crippen molar-refractivity contribution in [3.8, 4) is 0 Å². The summed E-state index contributed by atoms with van der Waals surface area (Å²) >= 11 is 0. The van der Waals surface area contributed by atoms with Crippen molar-refractivity contribution in [3.63, 3.8) is 0 Å². The van der Waals surface area contributed by atoms with Crippen LogP contribution in [0, 0.1) is 0 Å². The third kappa shape index (κ3) is 16.6. The Morgan fingerprint density at radius 3 is 1.78 bits per heavy atom. The lowest BCUT2D eigenvalue weighted by Crippen LogP contribution is -2.18. The van der Waals surface area contributed by atoms with E-state index in [4.69, 9.17) is 10.2 Å². The molecule has 0 aromatic rings. The zero-order valence-electron chi connectivity index (χ0n) is 14.4. The maximum atomic E-state index is 10.4. The number of hydrogen-bond donors (Lipinski definition) is 2. The number of aliphatic hydroxyl groups is 1. The minimum atomic E-state index is -1.25. The lowest BCUT2D eigenvalue weighted by molar-refractivity contribution is -0.146. The molecule has 3 heteroatoms. The molecule has 0 aliphatic carbocycles. The molecular formula is C20H32O3. The van der Waals surface area contributed by atoms with Gasteiger partial charge in [0.2, 0.25) is 0 Å².